The Kier molecular flexibility index (Phi) is 2.84. The number of rotatable bonds is 3. The molecule has 1 nitrogen and oxygen atoms in total. The zero-order valence-corrected chi connectivity index (χ0v) is 8.63. The minimum atomic E-state index is 0.338. The molecule has 0 amide bonds. The summed E-state index contributed by atoms with van der Waals surface area (Å²) in [4.78, 5) is 1.41. The van der Waals surface area contributed by atoms with Crippen molar-refractivity contribution < 1.29 is 5.11 Å². The van der Waals surface area contributed by atoms with Crippen LogP contribution in [0.2, 0.25) is 0 Å². The molecule has 0 aliphatic rings. The molecule has 0 spiro atoms. The lowest BCUT2D eigenvalue weighted by Crippen LogP contribution is -1.87. The summed E-state index contributed by atoms with van der Waals surface area (Å²) in [6, 6.07) is 11.7. The van der Waals surface area contributed by atoms with Gasteiger partial charge in [0, 0.05) is 4.88 Å². The van der Waals surface area contributed by atoms with Crippen molar-refractivity contribution in [3.8, 4) is 5.75 Å². The molecular formula is C12H12OS. The number of thiophene rings is 1. The summed E-state index contributed by atoms with van der Waals surface area (Å²) in [5, 5.41) is 11.2. The average molecular weight is 204 g/mol. The third kappa shape index (κ3) is 2.36. The third-order valence-corrected chi connectivity index (χ3v) is 3.11. The van der Waals surface area contributed by atoms with Crippen molar-refractivity contribution in [2.45, 2.75) is 12.8 Å². The molecule has 0 aliphatic carbocycles. The van der Waals surface area contributed by atoms with Gasteiger partial charge in [0.25, 0.3) is 0 Å². The van der Waals surface area contributed by atoms with Crippen molar-refractivity contribution in [3.63, 3.8) is 0 Å². The second-order valence-electron chi connectivity index (χ2n) is 3.25. The second-order valence-corrected chi connectivity index (χ2v) is 4.28. The monoisotopic (exact) mass is 204 g/mol. The first-order chi connectivity index (χ1) is 6.84. The summed E-state index contributed by atoms with van der Waals surface area (Å²) < 4.78 is 0. The number of phenols is 1. The minimum Gasteiger partial charge on any atom is -0.508 e. The molecule has 0 atom stereocenters. The van der Waals surface area contributed by atoms with Crippen LogP contribution in [0.5, 0.6) is 5.75 Å². The molecule has 2 rings (SSSR count). The smallest absolute Gasteiger partial charge is 0.115 e. The Hall–Kier alpha value is -1.28. The van der Waals surface area contributed by atoms with Gasteiger partial charge in [0.1, 0.15) is 5.75 Å². The van der Waals surface area contributed by atoms with E-state index in [4.69, 9.17) is 5.11 Å². The fraction of sp³-hybridized carbons (Fsp3) is 0.167. The highest BCUT2D eigenvalue weighted by atomic mass is 32.1. The van der Waals surface area contributed by atoms with E-state index < -0.39 is 0 Å². The summed E-state index contributed by atoms with van der Waals surface area (Å²) in [6.07, 6.45) is 2.13. The second kappa shape index (κ2) is 4.29. The van der Waals surface area contributed by atoms with Gasteiger partial charge in [-0.05, 0) is 42.0 Å². The summed E-state index contributed by atoms with van der Waals surface area (Å²) in [6.45, 7) is 0. The van der Waals surface area contributed by atoms with Crippen LogP contribution >= 0.6 is 11.3 Å². The molecule has 0 aliphatic heterocycles. The maximum absolute atomic E-state index is 9.11. The molecule has 0 saturated heterocycles. The number of phenolic OH excluding ortho intramolecular Hbond substituents is 1. The predicted octanol–water partition coefficient (Wildman–Crippen LogP) is 3.24. The van der Waals surface area contributed by atoms with Crippen molar-refractivity contribution in [3.05, 3.63) is 52.2 Å². The molecule has 0 unspecified atom stereocenters. The van der Waals surface area contributed by atoms with Crippen LogP contribution in [0.25, 0.3) is 0 Å². The van der Waals surface area contributed by atoms with E-state index in [-0.39, 0.29) is 0 Å². The van der Waals surface area contributed by atoms with Gasteiger partial charge in [-0.15, -0.1) is 11.3 Å². The molecule has 0 bridgehead atoms. The number of benzene rings is 1. The lowest BCUT2D eigenvalue weighted by atomic mass is 10.1. The van der Waals surface area contributed by atoms with Crippen LogP contribution in [0, 0.1) is 0 Å². The maximum Gasteiger partial charge on any atom is 0.115 e. The van der Waals surface area contributed by atoms with Gasteiger partial charge < -0.3 is 5.11 Å². The van der Waals surface area contributed by atoms with Crippen LogP contribution in [-0.2, 0) is 12.8 Å². The van der Waals surface area contributed by atoms with Gasteiger partial charge in [-0.25, -0.2) is 0 Å². The lowest BCUT2D eigenvalue weighted by Gasteiger charge is -1.99. The first kappa shape index (κ1) is 9.28. The molecule has 1 aromatic heterocycles. The molecule has 2 heteroatoms. The Labute approximate surface area is 87.7 Å². The fourth-order valence-corrected chi connectivity index (χ4v) is 2.09. The number of aryl methyl sites for hydroxylation is 2. The van der Waals surface area contributed by atoms with Crippen LogP contribution in [0.1, 0.15) is 10.4 Å². The number of hydrogen-bond acceptors (Lipinski definition) is 2. The van der Waals surface area contributed by atoms with Crippen molar-refractivity contribution in [2.24, 2.45) is 0 Å². The third-order valence-electron chi connectivity index (χ3n) is 2.18. The molecule has 1 aromatic carbocycles. The van der Waals surface area contributed by atoms with Gasteiger partial charge in [-0.1, -0.05) is 18.2 Å². The quantitative estimate of drug-likeness (QED) is 0.813. The molecule has 0 fully saturated rings. The van der Waals surface area contributed by atoms with E-state index in [1.165, 1.54) is 10.4 Å². The van der Waals surface area contributed by atoms with E-state index >= 15 is 0 Å². The van der Waals surface area contributed by atoms with E-state index in [0.29, 0.717) is 5.75 Å². The van der Waals surface area contributed by atoms with E-state index in [2.05, 4.69) is 17.5 Å². The van der Waals surface area contributed by atoms with Gasteiger partial charge >= 0.3 is 0 Å². The fourth-order valence-electron chi connectivity index (χ4n) is 1.38. The highest BCUT2D eigenvalue weighted by Gasteiger charge is 1.96. The van der Waals surface area contributed by atoms with E-state index in [1.807, 2.05) is 12.1 Å². The molecule has 0 radical (unpaired) electrons. The Morgan fingerprint density at radius 2 is 1.79 bits per heavy atom. The van der Waals surface area contributed by atoms with Crippen LogP contribution in [-0.4, -0.2) is 5.11 Å². The highest BCUT2D eigenvalue weighted by Crippen LogP contribution is 2.14. The van der Waals surface area contributed by atoms with Gasteiger partial charge in [0.15, 0.2) is 0 Å². The topological polar surface area (TPSA) is 20.2 Å². The molecule has 72 valence electrons. The summed E-state index contributed by atoms with van der Waals surface area (Å²) >= 11 is 1.80. The van der Waals surface area contributed by atoms with E-state index in [0.717, 1.165) is 12.8 Å². The maximum atomic E-state index is 9.11. The van der Waals surface area contributed by atoms with Gasteiger partial charge in [-0.2, -0.15) is 0 Å². The summed E-state index contributed by atoms with van der Waals surface area (Å²) in [5.74, 6) is 0.338. The van der Waals surface area contributed by atoms with Gasteiger partial charge in [0.2, 0.25) is 0 Å². The van der Waals surface area contributed by atoms with E-state index in [9.17, 15) is 0 Å². The molecule has 14 heavy (non-hydrogen) atoms. The van der Waals surface area contributed by atoms with Crippen molar-refractivity contribution in [1.29, 1.82) is 0 Å². The normalized spacial score (nSPS) is 10.3. The zero-order valence-electron chi connectivity index (χ0n) is 7.81. The SMILES string of the molecule is Oc1ccc(CCc2cccs2)cc1. The molecule has 0 saturated carbocycles. The average Bonchev–Trinajstić information content (AvgIpc) is 2.70. The van der Waals surface area contributed by atoms with Crippen LogP contribution < -0.4 is 0 Å². The largest absolute Gasteiger partial charge is 0.508 e. The molecular weight excluding hydrogens is 192 g/mol. The van der Waals surface area contributed by atoms with E-state index in [1.54, 1.807) is 23.5 Å². The molecule has 1 N–H and O–H groups in total. The summed E-state index contributed by atoms with van der Waals surface area (Å²) in [7, 11) is 0. The molecule has 1 heterocycles. The highest BCUT2D eigenvalue weighted by molar-refractivity contribution is 7.09. The Balaban J connectivity index is 1.95. The first-order valence-electron chi connectivity index (χ1n) is 4.65. The predicted molar refractivity (Wildman–Crippen MR) is 59.8 cm³/mol. The number of hydrogen-bond donors (Lipinski definition) is 1. The first-order valence-corrected chi connectivity index (χ1v) is 5.53. The minimum absolute atomic E-state index is 0.338. The Morgan fingerprint density at radius 1 is 1.00 bits per heavy atom. The van der Waals surface area contributed by atoms with Crippen LogP contribution in [0.3, 0.4) is 0 Å². The Bertz CT molecular complexity index is 375. The Morgan fingerprint density at radius 3 is 2.43 bits per heavy atom. The van der Waals surface area contributed by atoms with Gasteiger partial charge in [0.05, 0.1) is 0 Å². The van der Waals surface area contributed by atoms with Crippen LogP contribution in [0.15, 0.2) is 41.8 Å². The lowest BCUT2D eigenvalue weighted by molar-refractivity contribution is 0.475. The standard InChI is InChI=1S/C12H12OS/c13-11-6-3-10(4-7-11)5-8-12-2-1-9-14-12/h1-4,6-7,9,13H,5,8H2. The van der Waals surface area contributed by atoms with Crippen LogP contribution in [0.4, 0.5) is 0 Å². The number of aromatic hydroxyl groups is 1. The van der Waals surface area contributed by atoms with Crippen molar-refractivity contribution >= 4 is 11.3 Å². The van der Waals surface area contributed by atoms with Gasteiger partial charge in [-0.3, -0.25) is 0 Å². The van der Waals surface area contributed by atoms with Crippen molar-refractivity contribution in [2.75, 3.05) is 0 Å². The molecule has 2 aromatic rings. The van der Waals surface area contributed by atoms with Crippen molar-refractivity contribution in [1.82, 2.24) is 0 Å². The summed E-state index contributed by atoms with van der Waals surface area (Å²) in [5.41, 5.74) is 1.27. The zero-order chi connectivity index (χ0) is 9.80.